The first kappa shape index (κ1) is 28.1. The van der Waals surface area contributed by atoms with Crippen LogP contribution in [-0.2, 0) is 14.8 Å². The molecule has 1 heterocycles. The predicted molar refractivity (Wildman–Crippen MR) is 158 cm³/mol. The lowest BCUT2D eigenvalue weighted by molar-refractivity contribution is -0.119. The molecule has 4 aromatic rings. The molecule has 0 bridgehead atoms. The van der Waals surface area contributed by atoms with Gasteiger partial charge in [0.05, 0.1) is 22.5 Å². The number of hydrazone groups is 1. The van der Waals surface area contributed by atoms with E-state index in [4.69, 9.17) is 11.6 Å². The molecule has 0 fully saturated rings. The third kappa shape index (κ3) is 5.92. The van der Waals surface area contributed by atoms with Gasteiger partial charge in [0.2, 0.25) is 0 Å². The topological polar surface area (TPSA) is 83.8 Å². The molecular formula is C30H31ClN4O3S. The van der Waals surface area contributed by atoms with Crippen molar-refractivity contribution in [2.45, 2.75) is 39.5 Å². The van der Waals surface area contributed by atoms with E-state index in [-0.39, 0.29) is 10.6 Å². The molecule has 3 aromatic carbocycles. The Labute approximate surface area is 234 Å². The van der Waals surface area contributed by atoms with Crippen LogP contribution in [0.1, 0.15) is 33.6 Å². The maximum atomic E-state index is 13.5. The fourth-order valence-corrected chi connectivity index (χ4v) is 6.14. The van der Waals surface area contributed by atoms with Crippen molar-refractivity contribution < 1.29 is 13.2 Å². The van der Waals surface area contributed by atoms with Crippen molar-refractivity contribution in [3.05, 3.63) is 111 Å². The van der Waals surface area contributed by atoms with Gasteiger partial charge in [0.25, 0.3) is 15.9 Å². The summed E-state index contributed by atoms with van der Waals surface area (Å²) < 4.78 is 30.2. The van der Waals surface area contributed by atoms with E-state index < -0.39 is 22.5 Å². The van der Waals surface area contributed by atoms with E-state index in [1.54, 1.807) is 36.5 Å². The summed E-state index contributed by atoms with van der Waals surface area (Å²) in [5.41, 5.74) is 9.85. The number of aryl methyl sites for hydroxylation is 4. The highest BCUT2D eigenvalue weighted by molar-refractivity contribution is 7.92. The van der Waals surface area contributed by atoms with Crippen molar-refractivity contribution in [2.75, 3.05) is 10.8 Å². The Morgan fingerprint density at radius 3 is 2.23 bits per heavy atom. The molecule has 0 radical (unpaired) electrons. The minimum atomic E-state index is -4.05. The molecule has 0 atom stereocenters. The van der Waals surface area contributed by atoms with Crippen molar-refractivity contribution in [1.29, 1.82) is 0 Å². The maximum Gasteiger partial charge on any atom is 0.264 e. The molecule has 0 unspecified atom stereocenters. The summed E-state index contributed by atoms with van der Waals surface area (Å²) >= 11 is 6.29. The van der Waals surface area contributed by atoms with Crippen LogP contribution < -0.4 is 9.73 Å². The second-order valence-electron chi connectivity index (χ2n) is 9.45. The fourth-order valence-electron chi connectivity index (χ4n) is 4.53. The number of para-hydroxylation sites is 1. The van der Waals surface area contributed by atoms with Gasteiger partial charge in [-0.3, -0.25) is 9.10 Å². The Morgan fingerprint density at radius 1 is 0.923 bits per heavy atom. The quantitative estimate of drug-likeness (QED) is 0.210. The van der Waals surface area contributed by atoms with Crippen LogP contribution in [0.25, 0.3) is 5.69 Å². The highest BCUT2D eigenvalue weighted by Gasteiger charge is 2.27. The molecule has 0 aliphatic carbocycles. The zero-order chi connectivity index (χ0) is 28.3. The SMILES string of the molecule is Cc1ccc(N(CC(=O)N/N=C/c2cc(C)n(-c3c(C)cccc3C)c2C)S(=O)(=O)c2ccccc2)cc1Cl. The van der Waals surface area contributed by atoms with Gasteiger partial charge in [-0.1, -0.05) is 54.1 Å². The number of anilines is 1. The Kier molecular flexibility index (Phi) is 8.28. The number of nitrogens with one attached hydrogen (secondary N) is 1. The number of sulfonamides is 1. The van der Waals surface area contributed by atoms with E-state index >= 15 is 0 Å². The van der Waals surface area contributed by atoms with Gasteiger partial charge in [-0.15, -0.1) is 0 Å². The lowest BCUT2D eigenvalue weighted by Gasteiger charge is -2.24. The van der Waals surface area contributed by atoms with Crippen molar-refractivity contribution in [1.82, 2.24) is 9.99 Å². The normalized spacial score (nSPS) is 11.6. The zero-order valence-electron chi connectivity index (χ0n) is 22.6. The van der Waals surface area contributed by atoms with E-state index in [2.05, 4.69) is 41.1 Å². The van der Waals surface area contributed by atoms with Gasteiger partial charge in [0.15, 0.2) is 0 Å². The van der Waals surface area contributed by atoms with E-state index in [1.807, 2.05) is 32.9 Å². The van der Waals surface area contributed by atoms with E-state index in [9.17, 15) is 13.2 Å². The minimum Gasteiger partial charge on any atom is -0.317 e. The van der Waals surface area contributed by atoms with Crippen LogP contribution >= 0.6 is 11.6 Å². The highest BCUT2D eigenvalue weighted by atomic mass is 35.5. The molecule has 0 spiro atoms. The Morgan fingerprint density at radius 2 is 1.59 bits per heavy atom. The summed E-state index contributed by atoms with van der Waals surface area (Å²) in [7, 11) is -4.05. The van der Waals surface area contributed by atoms with E-state index in [0.717, 1.165) is 43.6 Å². The fraction of sp³-hybridized carbons (Fsp3) is 0.200. The second-order valence-corrected chi connectivity index (χ2v) is 11.7. The first-order chi connectivity index (χ1) is 18.5. The number of carbonyl (C=O) groups is 1. The summed E-state index contributed by atoms with van der Waals surface area (Å²) in [6.45, 7) is 9.51. The Hall–Kier alpha value is -3.88. The highest BCUT2D eigenvalue weighted by Crippen LogP contribution is 2.28. The van der Waals surface area contributed by atoms with Gasteiger partial charge < -0.3 is 4.57 Å². The number of nitrogens with zero attached hydrogens (tertiary/aromatic N) is 3. The number of benzene rings is 3. The third-order valence-corrected chi connectivity index (χ3v) is 8.78. The predicted octanol–water partition coefficient (Wildman–Crippen LogP) is 6.02. The number of carbonyl (C=O) groups excluding carboxylic acids is 1. The molecule has 39 heavy (non-hydrogen) atoms. The van der Waals surface area contributed by atoms with Crippen molar-refractivity contribution >= 4 is 39.4 Å². The average molecular weight is 563 g/mol. The summed E-state index contributed by atoms with van der Waals surface area (Å²) in [4.78, 5) is 13.0. The number of rotatable bonds is 8. The van der Waals surface area contributed by atoms with Crippen molar-refractivity contribution in [3.8, 4) is 5.69 Å². The molecule has 0 saturated carbocycles. The van der Waals surface area contributed by atoms with Crippen LogP contribution in [0.2, 0.25) is 5.02 Å². The van der Waals surface area contributed by atoms with Gasteiger partial charge in [-0.05, 0) is 81.6 Å². The number of hydrogen-bond donors (Lipinski definition) is 1. The molecule has 1 aromatic heterocycles. The van der Waals surface area contributed by atoms with E-state index in [1.165, 1.54) is 18.2 Å². The maximum absolute atomic E-state index is 13.5. The number of hydrogen-bond acceptors (Lipinski definition) is 4. The number of halogens is 1. The smallest absolute Gasteiger partial charge is 0.264 e. The minimum absolute atomic E-state index is 0.0666. The lowest BCUT2D eigenvalue weighted by atomic mass is 10.1. The molecule has 7 nitrogen and oxygen atoms in total. The van der Waals surface area contributed by atoms with Crippen LogP contribution in [-0.4, -0.2) is 31.7 Å². The molecule has 0 saturated heterocycles. The van der Waals surface area contributed by atoms with Crippen LogP contribution in [0, 0.1) is 34.6 Å². The standard InChI is InChI=1S/C30H31ClN4O3S/c1-20-14-15-26(17-28(20)31)34(39(37,38)27-12-7-6-8-13-27)19-29(36)33-32-18-25-16-23(4)35(24(25)5)30-21(2)10-9-11-22(30)3/h6-18H,19H2,1-5H3,(H,33,36)/b32-18+. The first-order valence-corrected chi connectivity index (χ1v) is 14.2. The van der Waals surface area contributed by atoms with Crippen LogP contribution in [0.5, 0.6) is 0 Å². The molecule has 0 aliphatic rings. The molecular weight excluding hydrogens is 532 g/mol. The lowest BCUT2D eigenvalue weighted by Crippen LogP contribution is -2.39. The number of aromatic nitrogens is 1. The Balaban J connectivity index is 1.58. The van der Waals surface area contributed by atoms with Crippen LogP contribution in [0.3, 0.4) is 0 Å². The van der Waals surface area contributed by atoms with Crippen molar-refractivity contribution in [2.24, 2.45) is 5.10 Å². The largest absolute Gasteiger partial charge is 0.317 e. The summed E-state index contributed by atoms with van der Waals surface area (Å²) in [6, 6.07) is 21.0. The van der Waals surface area contributed by atoms with Crippen LogP contribution in [0.15, 0.2) is 82.8 Å². The van der Waals surface area contributed by atoms with Gasteiger partial charge >= 0.3 is 0 Å². The van der Waals surface area contributed by atoms with Crippen molar-refractivity contribution in [3.63, 3.8) is 0 Å². The summed E-state index contributed by atoms with van der Waals surface area (Å²) in [5, 5.41) is 4.54. The molecule has 0 aliphatic heterocycles. The van der Waals surface area contributed by atoms with Crippen LogP contribution in [0.4, 0.5) is 5.69 Å². The zero-order valence-corrected chi connectivity index (χ0v) is 24.1. The molecule has 202 valence electrons. The van der Waals surface area contributed by atoms with Gasteiger partial charge in [-0.2, -0.15) is 5.10 Å². The molecule has 4 rings (SSSR count). The van der Waals surface area contributed by atoms with Gasteiger partial charge in [0, 0.05) is 22.0 Å². The van der Waals surface area contributed by atoms with E-state index in [0.29, 0.717) is 5.02 Å². The monoisotopic (exact) mass is 562 g/mol. The Bertz CT molecular complexity index is 1640. The molecule has 9 heteroatoms. The molecule has 1 N–H and O–H groups in total. The summed E-state index contributed by atoms with van der Waals surface area (Å²) in [6.07, 6.45) is 1.57. The number of amides is 1. The first-order valence-electron chi connectivity index (χ1n) is 12.4. The molecule has 1 amide bonds. The second kappa shape index (κ2) is 11.5. The average Bonchev–Trinajstić information content (AvgIpc) is 3.17. The van der Waals surface area contributed by atoms with Gasteiger partial charge in [0.1, 0.15) is 6.54 Å². The summed E-state index contributed by atoms with van der Waals surface area (Å²) in [5.74, 6) is -0.592. The third-order valence-electron chi connectivity index (χ3n) is 6.59. The van der Waals surface area contributed by atoms with Gasteiger partial charge in [-0.25, -0.2) is 13.8 Å².